The zero-order valence-corrected chi connectivity index (χ0v) is 24.3. The van der Waals surface area contributed by atoms with Gasteiger partial charge >= 0.3 is 5.97 Å². The third kappa shape index (κ3) is 3.35. The standard InChI is InChI=1S/C33H54O2/c1-21(2)24-13-17-33(20-35-23(4)34)19-18-31(8)25(28(24)33)10-11-27-30(7)15-12-22(3)29(5,6)26(30)14-16-32(27,31)9/h22,24-28H,1,10-20H2,2-9H3/t22-,24-,25+,26+,27+,28+,30-,31+,32+,33+/m0/s1. The summed E-state index contributed by atoms with van der Waals surface area (Å²) in [6.45, 7) is 24.9. The summed E-state index contributed by atoms with van der Waals surface area (Å²) in [5, 5.41) is 0. The molecule has 0 heterocycles. The van der Waals surface area contributed by atoms with Gasteiger partial charge in [0.25, 0.3) is 0 Å². The lowest BCUT2D eigenvalue weighted by atomic mass is 9.32. The second kappa shape index (κ2) is 8.10. The Balaban J connectivity index is 1.53. The van der Waals surface area contributed by atoms with E-state index in [9.17, 15) is 4.79 Å². The van der Waals surface area contributed by atoms with Gasteiger partial charge in [-0.05, 0) is 128 Å². The maximum Gasteiger partial charge on any atom is 0.302 e. The Labute approximate surface area is 216 Å². The molecule has 35 heavy (non-hydrogen) atoms. The molecule has 2 heteroatoms. The van der Waals surface area contributed by atoms with Gasteiger partial charge in [0, 0.05) is 12.3 Å². The Hall–Kier alpha value is -0.790. The van der Waals surface area contributed by atoms with Crippen molar-refractivity contribution in [3.05, 3.63) is 12.2 Å². The summed E-state index contributed by atoms with van der Waals surface area (Å²) in [7, 11) is 0. The molecule has 198 valence electrons. The summed E-state index contributed by atoms with van der Waals surface area (Å²) in [6.07, 6.45) is 13.4. The van der Waals surface area contributed by atoms with Gasteiger partial charge in [-0.1, -0.05) is 53.7 Å². The first-order valence-electron chi connectivity index (χ1n) is 15.0. The van der Waals surface area contributed by atoms with Gasteiger partial charge in [-0.25, -0.2) is 0 Å². The largest absolute Gasteiger partial charge is 0.465 e. The van der Waals surface area contributed by atoms with Crippen LogP contribution in [0.15, 0.2) is 12.2 Å². The number of carbonyl (C=O) groups excluding carboxylic acids is 1. The minimum Gasteiger partial charge on any atom is -0.465 e. The van der Waals surface area contributed by atoms with Crippen molar-refractivity contribution in [3.8, 4) is 0 Å². The number of fused-ring (bicyclic) bond motifs is 7. The minimum atomic E-state index is -0.110. The lowest BCUT2D eigenvalue weighted by molar-refractivity contribution is -0.244. The van der Waals surface area contributed by atoms with Crippen molar-refractivity contribution >= 4 is 5.97 Å². The molecule has 0 unspecified atom stereocenters. The van der Waals surface area contributed by atoms with Crippen molar-refractivity contribution in [2.45, 2.75) is 120 Å². The monoisotopic (exact) mass is 482 g/mol. The lowest BCUT2D eigenvalue weighted by Crippen LogP contribution is -2.66. The Kier molecular flexibility index (Phi) is 5.98. The lowest BCUT2D eigenvalue weighted by Gasteiger charge is -2.73. The average molecular weight is 483 g/mol. The van der Waals surface area contributed by atoms with Gasteiger partial charge in [-0.2, -0.15) is 0 Å². The summed E-state index contributed by atoms with van der Waals surface area (Å²) in [6, 6.07) is 0. The summed E-state index contributed by atoms with van der Waals surface area (Å²) in [5.74, 6) is 4.38. The third-order valence-electron chi connectivity index (χ3n) is 14.4. The Bertz CT molecular complexity index is 888. The number of allylic oxidation sites excluding steroid dienone is 1. The molecule has 0 spiro atoms. The zero-order valence-electron chi connectivity index (χ0n) is 24.3. The van der Waals surface area contributed by atoms with Crippen LogP contribution in [0, 0.1) is 62.6 Å². The molecule has 0 saturated heterocycles. The second-order valence-electron chi connectivity index (χ2n) is 15.6. The van der Waals surface area contributed by atoms with E-state index in [1.807, 2.05) is 0 Å². The van der Waals surface area contributed by atoms with E-state index in [0.717, 1.165) is 23.7 Å². The molecular weight excluding hydrogens is 428 g/mol. The molecule has 2 nitrogen and oxygen atoms in total. The fraction of sp³-hybridized carbons (Fsp3) is 0.909. The number of ether oxygens (including phenoxy) is 1. The molecule has 0 aliphatic heterocycles. The number of esters is 1. The predicted octanol–water partition coefficient (Wildman–Crippen LogP) is 8.84. The Morgan fingerprint density at radius 3 is 2.20 bits per heavy atom. The quantitative estimate of drug-likeness (QED) is 0.296. The molecule has 5 aliphatic carbocycles. The number of hydrogen-bond donors (Lipinski definition) is 0. The van der Waals surface area contributed by atoms with Crippen LogP contribution in [0.2, 0.25) is 0 Å². The molecule has 0 aromatic rings. The van der Waals surface area contributed by atoms with E-state index in [1.54, 1.807) is 6.92 Å². The fourth-order valence-corrected chi connectivity index (χ4v) is 12.0. The van der Waals surface area contributed by atoms with Crippen LogP contribution >= 0.6 is 0 Å². The van der Waals surface area contributed by atoms with Crippen LogP contribution in [0.3, 0.4) is 0 Å². The number of rotatable bonds is 3. The maximum absolute atomic E-state index is 11.9. The summed E-state index contributed by atoms with van der Waals surface area (Å²) < 4.78 is 5.81. The molecule has 5 aliphatic rings. The second-order valence-corrected chi connectivity index (χ2v) is 15.6. The molecule has 0 aromatic carbocycles. The highest BCUT2D eigenvalue weighted by Gasteiger charge is 2.70. The highest BCUT2D eigenvalue weighted by atomic mass is 16.5. The highest BCUT2D eigenvalue weighted by Crippen LogP contribution is 2.77. The van der Waals surface area contributed by atoms with Gasteiger partial charge in [0.15, 0.2) is 0 Å². The van der Waals surface area contributed by atoms with Crippen molar-refractivity contribution in [3.63, 3.8) is 0 Å². The highest BCUT2D eigenvalue weighted by molar-refractivity contribution is 5.65. The Morgan fingerprint density at radius 2 is 1.54 bits per heavy atom. The topological polar surface area (TPSA) is 26.3 Å². The fourth-order valence-electron chi connectivity index (χ4n) is 12.0. The van der Waals surface area contributed by atoms with Crippen LogP contribution in [-0.2, 0) is 9.53 Å². The van der Waals surface area contributed by atoms with Crippen molar-refractivity contribution in [2.75, 3.05) is 6.61 Å². The van der Waals surface area contributed by atoms with Crippen LogP contribution in [0.4, 0.5) is 0 Å². The predicted molar refractivity (Wildman–Crippen MR) is 145 cm³/mol. The van der Waals surface area contributed by atoms with Crippen molar-refractivity contribution in [2.24, 2.45) is 62.6 Å². The molecule has 10 atom stereocenters. The molecule has 5 saturated carbocycles. The van der Waals surface area contributed by atoms with E-state index in [1.165, 1.54) is 69.8 Å². The van der Waals surface area contributed by atoms with Crippen molar-refractivity contribution in [1.82, 2.24) is 0 Å². The van der Waals surface area contributed by atoms with Crippen LogP contribution in [0.25, 0.3) is 0 Å². The van der Waals surface area contributed by atoms with E-state index < -0.39 is 0 Å². The van der Waals surface area contributed by atoms with Crippen LogP contribution in [-0.4, -0.2) is 12.6 Å². The third-order valence-corrected chi connectivity index (χ3v) is 14.4. The summed E-state index contributed by atoms with van der Waals surface area (Å²) >= 11 is 0. The van der Waals surface area contributed by atoms with E-state index >= 15 is 0 Å². The Morgan fingerprint density at radius 1 is 0.829 bits per heavy atom. The van der Waals surface area contributed by atoms with Crippen molar-refractivity contribution in [1.29, 1.82) is 0 Å². The van der Waals surface area contributed by atoms with Crippen LogP contribution < -0.4 is 0 Å². The van der Waals surface area contributed by atoms with E-state index in [4.69, 9.17) is 4.74 Å². The SMILES string of the molecule is C=C(C)[C@@H]1CC[C@]2(COC(C)=O)CC[C@]3(C)[C@H](CC[C@@H]4[C@@]5(C)CC[C@H](C)C(C)(C)[C@H]5CC[C@]43C)[C@@H]12. The molecule has 0 radical (unpaired) electrons. The summed E-state index contributed by atoms with van der Waals surface area (Å²) in [4.78, 5) is 11.9. The first kappa shape index (κ1) is 25.8. The van der Waals surface area contributed by atoms with Gasteiger partial charge in [-0.15, -0.1) is 0 Å². The van der Waals surface area contributed by atoms with E-state index in [2.05, 4.69) is 55.0 Å². The molecular formula is C33H54O2. The van der Waals surface area contributed by atoms with Gasteiger partial charge in [-0.3, -0.25) is 4.79 Å². The molecule has 5 fully saturated rings. The van der Waals surface area contributed by atoms with Gasteiger partial charge in [0.05, 0.1) is 6.61 Å². The first-order valence-corrected chi connectivity index (χ1v) is 15.0. The smallest absolute Gasteiger partial charge is 0.302 e. The van der Waals surface area contributed by atoms with E-state index in [0.29, 0.717) is 40.1 Å². The van der Waals surface area contributed by atoms with Crippen molar-refractivity contribution < 1.29 is 9.53 Å². The minimum absolute atomic E-state index is 0.110. The zero-order chi connectivity index (χ0) is 25.6. The molecule has 0 aromatic heterocycles. The average Bonchev–Trinajstić information content (AvgIpc) is 3.16. The molecule has 5 rings (SSSR count). The first-order chi connectivity index (χ1) is 16.2. The normalized spacial score (nSPS) is 52.5. The van der Waals surface area contributed by atoms with Gasteiger partial charge in [0.2, 0.25) is 0 Å². The molecule has 0 amide bonds. The molecule has 0 N–H and O–H groups in total. The van der Waals surface area contributed by atoms with Crippen LogP contribution in [0.5, 0.6) is 0 Å². The molecule has 0 bridgehead atoms. The van der Waals surface area contributed by atoms with E-state index in [-0.39, 0.29) is 11.4 Å². The van der Waals surface area contributed by atoms with Gasteiger partial charge in [0.1, 0.15) is 0 Å². The summed E-state index contributed by atoms with van der Waals surface area (Å²) in [5.41, 5.74) is 3.26. The number of carbonyl (C=O) groups is 1. The van der Waals surface area contributed by atoms with Crippen LogP contribution in [0.1, 0.15) is 120 Å². The van der Waals surface area contributed by atoms with Gasteiger partial charge < -0.3 is 4.74 Å². The maximum atomic E-state index is 11.9. The number of hydrogen-bond acceptors (Lipinski definition) is 2.